The second kappa shape index (κ2) is 6.52. The van der Waals surface area contributed by atoms with Gasteiger partial charge in [0.1, 0.15) is 0 Å². The minimum Gasteiger partial charge on any atom is -0.462 e. The smallest absolute Gasteiger partial charge is 0.162 e. The molecule has 2 N–H and O–H groups in total. The molecule has 0 amide bonds. The molecule has 0 bridgehead atoms. The highest BCUT2D eigenvalue weighted by Crippen LogP contribution is 2.24. The maximum Gasteiger partial charge on any atom is 0.162 e. The number of hydrogen-bond acceptors (Lipinski definition) is 5. The van der Waals surface area contributed by atoms with Crippen molar-refractivity contribution in [3.05, 3.63) is 29.5 Å². The average molecular weight is 294 g/mol. The van der Waals surface area contributed by atoms with Gasteiger partial charge < -0.3 is 14.8 Å². The number of nitrogens with one attached hydrogen (secondary N) is 1. The molecule has 4 nitrogen and oxygen atoms in total. The third-order valence-corrected chi connectivity index (χ3v) is 4.65. The molecule has 0 fully saturated rings. The largest absolute Gasteiger partial charge is 0.462 e. The Labute approximate surface area is 123 Å². The predicted molar refractivity (Wildman–Crippen MR) is 81.6 cm³/mol. The Hall–Kier alpha value is -1.17. The van der Waals surface area contributed by atoms with E-state index in [1.165, 1.54) is 0 Å². The highest BCUT2D eigenvalue weighted by molar-refractivity contribution is 7.13. The summed E-state index contributed by atoms with van der Waals surface area (Å²) in [6.07, 6.45) is 2.62. The minimum absolute atomic E-state index is 0.268. The van der Waals surface area contributed by atoms with E-state index in [9.17, 15) is 5.11 Å². The lowest BCUT2D eigenvalue weighted by molar-refractivity contribution is 0.00530. The Bertz CT molecular complexity index is 520. The molecule has 2 unspecified atom stereocenters. The van der Waals surface area contributed by atoms with Crippen LogP contribution < -0.4 is 5.32 Å². The van der Waals surface area contributed by atoms with Crippen molar-refractivity contribution in [2.75, 3.05) is 6.54 Å². The molecule has 0 aliphatic heterocycles. The number of aliphatic hydroxyl groups is 1. The van der Waals surface area contributed by atoms with Crippen LogP contribution in [0, 0.1) is 5.92 Å². The van der Waals surface area contributed by atoms with Gasteiger partial charge in [0.25, 0.3) is 0 Å². The van der Waals surface area contributed by atoms with Gasteiger partial charge in [0.15, 0.2) is 10.8 Å². The van der Waals surface area contributed by atoms with Gasteiger partial charge in [-0.25, -0.2) is 4.98 Å². The number of nitrogens with zero attached hydrogens (tertiary/aromatic N) is 1. The summed E-state index contributed by atoms with van der Waals surface area (Å²) in [5.41, 5.74) is 0.288. The molecule has 2 aromatic heterocycles. The van der Waals surface area contributed by atoms with E-state index in [0.717, 1.165) is 22.9 Å². The van der Waals surface area contributed by atoms with Gasteiger partial charge in [0.2, 0.25) is 0 Å². The van der Waals surface area contributed by atoms with Crippen molar-refractivity contribution in [3.63, 3.8) is 0 Å². The first-order chi connectivity index (χ1) is 9.53. The minimum atomic E-state index is -0.686. The molecule has 0 spiro atoms. The van der Waals surface area contributed by atoms with Crippen molar-refractivity contribution >= 4 is 11.3 Å². The van der Waals surface area contributed by atoms with Gasteiger partial charge in [-0.2, -0.15) is 0 Å². The number of rotatable bonds is 7. The Morgan fingerprint density at radius 2 is 2.35 bits per heavy atom. The maximum absolute atomic E-state index is 10.3. The van der Waals surface area contributed by atoms with Gasteiger partial charge in [0.05, 0.1) is 17.6 Å². The highest BCUT2D eigenvalue weighted by atomic mass is 32.1. The maximum atomic E-state index is 10.3. The molecule has 2 atom stereocenters. The van der Waals surface area contributed by atoms with Crippen LogP contribution in [-0.4, -0.2) is 22.2 Å². The Morgan fingerprint density at radius 1 is 1.55 bits per heavy atom. The van der Waals surface area contributed by atoms with Gasteiger partial charge in [-0.3, -0.25) is 0 Å². The lowest BCUT2D eigenvalue weighted by Gasteiger charge is -2.29. The van der Waals surface area contributed by atoms with Gasteiger partial charge in [-0.1, -0.05) is 20.3 Å². The topological polar surface area (TPSA) is 58.3 Å². The van der Waals surface area contributed by atoms with Crippen LogP contribution in [0.1, 0.15) is 32.9 Å². The second-order valence-corrected chi connectivity index (χ2v) is 6.25. The van der Waals surface area contributed by atoms with Crippen molar-refractivity contribution in [2.24, 2.45) is 5.92 Å². The van der Waals surface area contributed by atoms with Crippen molar-refractivity contribution < 1.29 is 9.52 Å². The van der Waals surface area contributed by atoms with Crippen LogP contribution in [0.4, 0.5) is 0 Å². The van der Waals surface area contributed by atoms with E-state index < -0.39 is 5.60 Å². The van der Waals surface area contributed by atoms with Gasteiger partial charge in [-0.15, -0.1) is 11.3 Å². The molecule has 20 heavy (non-hydrogen) atoms. The number of hydrogen-bond donors (Lipinski definition) is 2. The van der Waals surface area contributed by atoms with Crippen LogP contribution in [0.5, 0.6) is 0 Å². The molecule has 0 radical (unpaired) electrons. The first kappa shape index (κ1) is 15.2. The molecule has 0 saturated carbocycles. The van der Waals surface area contributed by atoms with Crippen LogP contribution in [-0.2, 0) is 6.54 Å². The normalized spacial score (nSPS) is 16.0. The van der Waals surface area contributed by atoms with Crippen LogP contribution >= 0.6 is 11.3 Å². The SMILES string of the molecule is CCC(C)C(C)(O)CNCc1csc(-c2ccco2)n1. The van der Waals surface area contributed by atoms with E-state index in [0.29, 0.717) is 13.1 Å². The summed E-state index contributed by atoms with van der Waals surface area (Å²) in [6.45, 7) is 7.26. The summed E-state index contributed by atoms with van der Waals surface area (Å²) in [5, 5.41) is 16.5. The van der Waals surface area contributed by atoms with E-state index in [4.69, 9.17) is 4.42 Å². The third kappa shape index (κ3) is 3.69. The molecule has 2 aromatic rings. The van der Waals surface area contributed by atoms with E-state index in [1.807, 2.05) is 24.4 Å². The number of thiazole rings is 1. The van der Waals surface area contributed by atoms with Crippen molar-refractivity contribution in [2.45, 2.75) is 39.3 Å². The van der Waals surface area contributed by atoms with Crippen molar-refractivity contribution in [3.8, 4) is 10.8 Å². The monoisotopic (exact) mass is 294 g/mol. The van der Waals surface area contributed by atoms with Gasteiger partial charge in [0, 0.05) is 18.5 Å². The summed E-state index contributed by atoms with van der Waals surface area (Å²) in [5.74, 6) is 1.07. The third-order valence-electron chi connectivity index (χ3n) is 3.75. The molecule has 0 aromatic carbocycles. The first-order valence-corrected chi connectivity index (χ1v) is 7.82. The van der Waals surface area contributed by atoms with E-state index in [-0.39, 0.29) is 5.92 Å². The molecule has 110 valence electrons. The summed E-state index contributed by atoms with van der Waals surface area (Å²) in [4.78, 5) is 4.52. The fourth-order valence-electron chi connectivity index (χ4n) is 1.96. The van der Waals surface area contributed by atoms with Crippen molar-refractivity contribution in [1.29, 1.82) is 0 Å². The fraction of sp³-hybridized carbons (Fsp3) is 0.533. The van der Waals surface area contributed by atoms with Crippen LogP contribution in [0.15, 0.2) is 28.2 Å². The standard InChI is InChI=1S/C15H22N2O2S/c1-4-11(2)15(3,18)10-16-8-12-9-20-14(17-12)13-6-5-7-19-13/h5-7,9,11,16,18H,4,8,10H2,1-3H3. The number of furan rings is 1. The van der Waals surface area contributed by atoms with E-state index in [1.54, 1.807) is 17.6 Å². The fourth-order valence-corrected chi connectivity index (χ4v) is 2.75. The molecule has 5 heteroatoms. The first-order valence-electron chi connectivity index (χ1n) is 6.94. The molecular weight excluding hydrogens is 272 g/mol. The highest BCUT2D eigenvalue weighted by Gasteiger charge is 2.26. The summed E-state index contributed by atoms with van der Waals surface area (Å²) >= 11 is 1.57. The van der Waals surface area contributed by atoms with E-state index >= 15 is 0 Å². The zero-order valence-electron chi connectivity index (χ0n) is 12.2. The summed E-state index contributed by atoms with van der Waals surface area (Å²) in [7, 11) is 0. The van der Waals surface area contributed by atoms with Crippen LogP contribution in [0.2, 0.25) is 0 Å². The van der Waals surface area contributed by atoms with Crippen molar-refractivity contribution in [1.82, 2.24) is 10.3 Å². The quantitative estimate of drug-likeness (QED) is 0.822. The van der Waals surface area contributed by atoms with Crippen LogP contribution in [0.25, 0.3) is 10.8 Å². The zero-order chi connectivity index (χ0) is 14.6. The van der Waals surface area contributed by atoms with Gasteiger partial charge in [-0.05, 0) is 25.0 Å². The number of aromatic nitrogens is 1. The summed E-state index contributed by atoms with van der Waals surface area (Å²) < 4.78 is 5.33. The summed E-state index contributed by atoms with van der Waals surface area (Å²) in [6, 6.07) is 3.77. The molecular formula is C15H22N2O2S. The lowest BCUT2D eigenvalue weighted by atomic mass is 9.89. The van der Waals surface area contributed by atoms with Gasteiger partial charge >= 0.3 is 0 Å². The van der Waals surface area contributed by atoms with E-state index in [2.05, 4.69) is 24.1 Å². The molecule has 0 aliphatic carbocycles. The molecule has 0 saturated heterocycles. The zero-order valence-corrected chi connectivity index (χ0v) is 13.0. The molecule has 2 rings (SSSR count). The van der Waals surface area contributed by atoms with Crippen LogP contribution in [0.3, 0.4) is 0 Å². The molecule has 2 heterocycles. The lowest BCUT2D eigenvalue weighted by Crippen LogP contribution is -2.42. The second-order valence-electron chi connectivity index (χ2n) is 5.39. The Morgan fingerprint density at radius 3 is 3.00 bits per heavy atom. The predicted octanol–water partition coefficient (Wildman–Crippen LogP) is 3.29. The average Bonchev–Trinajstić information content (AvgIpc) is 3.07. The Balaban J connectivity index is 1.86. The Kier molecular flexibility index (Phi) is 4.96. The molecule has 0 aliphatic rings.